The molecule has 3 N–H and O–H groups in total. The second kappa shape index (κ2) is 10.2. The zero-order valence-corrected chi connectivity index (χ0v) is 15.8. The summed E-state index contributed by atoms with van der Waals surface area (Å²) in [6.45, 7) is 7.69. The molecule has 0 bridgehead atoms. The molecule has 138 valence electrons. The van der Waals surface area contributed by atoms with Crippen molar-refractivity contribution in [3.8, 4) is 5.75 Å². The van der Waals surface area contributed by atoms with E-state index >= 15 is 0 Å². The quantitative estimate of drug-likeness (QED) is 0.570. The van der Waals surface area contributed by atoms with Crippen LogP contribution in [-0.4, -0.2) is 54.0 Å². The molecule has 1 aromatic rings. The molecule has 7 heteroatoms. The van der Waals surface area contributed by atoms with Crippen molar-refractivity contribution < 1.29 is 9.53 Å². The minimum atomic E-state index is -0.480. The van der Waals surface area contributed by atoms with Crippen LogP contribution in [0.25, 0.3) is 0 Å². The van der Waals surface area contributed by atoms with Gasteiger partial charge in [-0.15, -0.1) is 0 Å². The van der Waals surface area contributed by atoms with Gasteiger partial charge in [-0.2, -0.15) is 11.8 Å². The van der Waals surface area contributed by atoms with Crippen molar-refractivity contribution in [1.82, 2.24) is 10.2 Å². The Labute approximate surface area is 154 Å². The highest BCUT2D eigenvalue weighted by Crippen LogP contribution is 2.21. The standard InChI is InChI=1S/C18H28N4O2S/c1-3-16-12-22(8-9-25-16)18(20-4-2)21-11-14-6-5-7-15(10-14)24-13-17(19)23/h5-7,10,16H,3-4,8-9,11-13H2,1-2H3,(H2,19,23)(H,20,21). The fourth-order valence-corrected chi connectivity index (χ4v) is 3.82. The van der Waals surface area contributed by atoms with Crippen molar-refractivity contribution in [3.05, 3.63) is 29.8 Å². The van der Waals surface area contributed by atoms with Crippen LogP contribution in [0.4, 0.5) is 0 Å². The highest BCUT2D eigenvalue weighted by Gasteiger charge is 2.21. The Bertz CT molecular complexity index is 594. The number of hydrogen-bond acceptors (Lipinski definition) is 4. The van der Waals surface area contributed by atoms with Crippen molar-refractivity contribution in [2.24, 2.45) is 10.7 Å². The van der Waals surface area contributed by atoms with Crippen LogP contribution in [0.5, 0.6) is 5.75 Å². The SMILES string of the molecule is CCNC(=NCc1cccc(OCC(N)=O)c1)N1CCSC(CC)C1. The number of nitrogens with one attached hydrogen (secondary N) is 1. The van der Waals surface area contributed by atoms with E-state index in [9.17, 15) is 4.79 Å². The number of nitrogens with two attached hydrogens (primary N) is 1. The minimum absolute atomic E-state index is 0.112. The molecule has 1 atom stereocenters. The van der Waals surface area contributed by atoms with Crippen LogP contribution >= 0.6 is 11.8 Å². The number of hydrogen-bond donors (Lipinski definition) is 2. The van der Waals surface area contributed by atoms with Gasteiger partial charge in [0.15, 0.2) is 12.6 Å². The van der Waals surface area contributed by atoms with Gasteiger partial charge in [0.05, 0.1) is 6.54 Å². The lowest BCUT2D eigenvalue weighted by atomic mass is 10.2. The molecule has 2 rings (SSSR count). The van der Waals surface area contributed by atoms with E-state index in [0.29, 0.717) is 17.5 Å². The van der Waals surface area contributed by atoms with Gasteiger partial charge in [0.25, 0.3) is 5.91 Å². The maximum Gasteiger partial charge on any atom is 0.255 e. The number of rotatable bonds is 7. The lowest BCUT2D eigenvalue weighted by Crippen LogP contribution is -2.48. The van der Waals surface area contributed by atoms with Gasteiger partial charge < -0.3 is 20.7 Å². The Balaban J connectivity index is 2.02. The third kappa shape index (κ3) is 6.49. The number of amides is 1. The minimum Gasteiger partial charge on any atom is -0.484 e. The van der Waals surface area contributed by atoms with Gasteiger partial charge >= 0.3 is 0 Å². The highest BCUT2D eigenvalue weighted by molar-refractivity contribution is 8.00. The summed E-state index contributed by atoms with van der Waals surface area (Å²) in [6.07, 6.45) is 1.18. The van der Waals surface area contributed by atoms with Crippen LogP contribution in [-0.2, 0) is 11.3 Å². The van der Waals surface area contributed by atoms with Gasteiger partial charge in [0, 0.05) is 30.6 Å². The van der Waals surface area contributed by atoms with Crippen LogP contribution in [0, 0.1) is 0 Å². The molecule has 1 fully saturated rings. The molecule has 1 heterocycles. The Kier molecular flexibility index (Phi) is 7.91. The van der Waals surface area contributed by atoms with Gasteiger partial charge in [-0.3, -0.25) is 4.79 Å². The summed E-state index contributed by atoms with van der Waals surface area (Å²) in [6, 6.07) is 7.62. The highest BCUT2D eigenvalue weighted by atomic mass is 32.2. The monoisotopic (exact) mass is 364 g/mol. The fraction of sp³-hybridized carbons (Fsp3) is 0.556. The third-order valence-corrected chi connectivity index (χ3v) is 5.29. The predicted octanol–water partition coefficient (Wildman–Crippen LogP) is 1.84. The first-order valence-corrected chi connectivity index (χ1v) is 9.82. The molecular formula is C18H28N4O2S. The molecule has 1 aromatic carbocycles. The average molecular weight is 365 g/mol. The zero-order valence-electron chi connectivity index (χ0n) is 15.0. The van der Waals surface area contributed by atoms with Crippen molar-refractivity contribution in [3.63, 3.8) is 0 Å². The van der Waals surface area contributed by atoms with Crippen LogP contribution in [0.2, 0.25) is 0 Å². The number of aliphatic imine (C=N–C) groups is 1. The van der Waals surface area contributed by atoms with E-state index in [1.54, 1.807) is 0 Å². The second-order valence-electron chi connectivity index (χ2n) is 5.92. The first kappa shape index (κ1) is 19.4. The first-order valence-electron chi connectivity index (χ1n) is 8.77. The number of benzene rings is 1. The van der Waals surface area contributed by atoms with Crippen molar-refractivity contribution in [2.45, 2.75) is 32.1 Å². The van der Waals surface area contributed by atoms with Crippen molar-refractivity contribution in [1.29, 1.82) is 0 Å². The molecule has 1 amide bonds. The summed E-state index contributed by atoms with van der Waals surface area (Å²) >= 11 is 2.05. The summed E-state index contributed by atoms with van der Waals surface area (Å²) in [7, 11) is 0. The van der Waals surface area contributed by atoms with E-state index in [1.807, 2.05) is 36.0 Å². The molecule has 1 aliphatic rings. The molecule has 25 heavy (non-hydrogen) atoms. The van der Waals surface area contributed by atoms with Gasteiger partial charge in [-0.1, -0.05) is 19.1 Å². The maximum absolute atomic E-state index is 10.8. The summed E-state index contributed by atoms with van der Waals surface area (Å²) in [5.41, 5.74) is 6.15. The van der Waals surface area contributed by atoms with E-state index in [2.05, 4.69) is 24.1 Å². The fourth-order valence-electron chi connectivity index (χ4n) is 2.64. The Hall–Kier alpha value is -1.89. The number of primary amides is 1. The molecular weight excluding hydrogens is 336 g/mol. The molecule has 0 radical (unpaired) electrons. The molecule has 0 spiro atoms. The number of thioether (sulfide) groups is 1. The molecule has 0 aromatic heterocycles. The number of nitrogens with zero attached hydrogens (tertiary/aromatic N) is 2. The van der Waals surface area contributed by atoms with Crippen LogP contribution in [0.15, 0.2) is 29.3 Å². The normalized spacial score (nSPS) is 18.1. The van der Waals surface area contributed by atoms with E-state index in [4.69, 9.17) is 15.5 Å². The largest absolute Gasteiger partial charge is 0.484 e. The molecule has 1 unspecified atom stereocenters. The molecule has 6 nitrogen and oxygen atoms in total. The number of ether oxygens (including phenoxy) is 1. The van der Waals surface area contributed by atoms with Gasteiger partial charge in [-0.05, 0) is 31.0 Å². The lowest BCUT2D eigenvalue weighted by Gasteiger charge is -2.34. The molecule has 1 saturated heterocycles. The Morgan fingerprint density at radius 3 is 3.04 bits per heavy atom. The van der Waals surface area contributed by atoms with Gasteiger partial charge in [-0.25, -0.2) is 4.99 Å². The third-order valence-electron chi connectivity index (χ3n) is 3.92. The molecule has 1 aliphatic heterocycles. The first-order chi connectivity index (χ1) is 12.1. The summed E-state index contributed by atoms with van der Waals surface area (Å²) < 4.78 is 5.36. The van der Waals surface area contributed by atoms with Crippen molar-refractivity contribution >= 4 is 23.6 Å². The average Bonchev–Trinajstić information content (AvgIpc) is 2.64. The van der Waals surface area contributed by atoms with E-state index in [1.165, 1.54) is 6.42 Å². The Morgan fingerprint density at radius 1 is 1.48 bits per heavy atom. The Morgan fingerprint density at radius 2 is 2.32 bits per heavy atom. The van der Waals surface area contributed by atoms with E-state index < -0.39 is 5.91 Å². The van der Waals surface area contributed by atoms with Gasteiger partial charge in [0.1, 0.15) is 5.75 Å². The molecule has 0 aliphatic carbocycles. The summed E-state index contributed by atoms with van der Waals surface area (Å²) in [4.78, 5) is 18.0. The van der Waals surface area contributed by atoms with E-state index in [-0.39, 0.29) is 6.61 Å². The van der Waals surface area contributed by atoms with Crippen LogP contribution in [0.3, 0.4) is 0 Å². The zero-order chi connectivity index (χ0) is 18.1. The van der Waals surface area contributed by atoms with Gasteiger partial charge in [0.2, 0.25) is 0 Å². The van der Waals surface area contributed by atoms with Crippen LogP contribution < -0.4 is 15.8 Å². The van der Waals surface area contributed by atoms with Crippen molar-refractivity contribution in [2.75, 3.05) is 32.0 Å². The summed E-state index contributed by atoms with van der Waals surface area (Å²) in [5.74, 6) is 2.26. The smallest absolute Gasteiger partial charge is 0.255 e. The summed E-state index contributed by atoms with van der Waals surface area (Å²) in [5, 5.41) is 4.07. The second-order valence-corrected chi connectivity index (χ2v) is 7.33. The molecule has 0 saturated carbocycles. The predicted molar refractivity (Wildman–Crippen MR) is 104 cm³/mol. The number of carbonyl (C=O) groups is 1. The number of carbonyl (C=O) groups excluding carboxylic acids is 1. The number of guanidine groups is 1. The lowest BCUT2D eigenvalue weighted by molar-refractivity contribution is -0.119. The topological polar surface area (TPSA) is 80.0 Å². The van der Waals surface area contributed by atoms with E-state index in [0.717, 1.165) is 36.9 Å². The maximum atomic E-state index is 10.8. The van der Waals surface area contributed by atoms with Crippen LogP contribution in [0.1, 0.15) is 25.8 Å².